The predicted octanol–water partition coefficient (Wildman–Crippen LogP) is 7.11. The van der Waals surface area contributed by atoms with Crippen LogP contribution in [0.5, 0.6) is 5.75 Å². The second-order valence-corrected chi connectivity index (χ2v) is 10.4. The van der Waals surface area contributed by atoms with Gasteiger partial charge >= 0.3 is 5.97 Å². The van der Waals surface area contributed by atoms with Crippen LogP contribution < -0.4 is 10.1 Å². The van der Waals surface area contributed by atoms with E-state index in [0.29, 0.717) is 23.9 Å². The summed E-state index contributed by atoms with van der Waals surface area (Å²) >= 11 is 14.0. The summed E-state index contributed by atoms with van der Waals surface area (Å²) in [5.74, 6) is -0.685. The Hall–Kier alpha value is -2.91. The van der Waals surface area contributed by atoms with Crippen molar-refractivity contribution in [3.05, 3.63) is 67.5 Å². The fourth-order valence-electron chi connectivity index (χ4n) is 3.90. The van der Waals surface area contributed by atoms with E-state index in [1.54, 1.807) is 0 Å². The molecule has 0 radical (unpaired) electrons. The van der Waals surface area contributed by atoms with E-state index in [-0.39, 0.29) is 21.2 Å². The number of benzene rings is 2. The molecular weight excluding hydrogens is 535 g/mol. The van der Waals surface area contributed by atoms with Crippen molar-refractivity contribution in [2.24, 2.45) is 0 Å². The van der Waals surface area contributed by atoms with Crippen LogP contribution in [0.3, 0.4) is 0 Å². The molecule has 10 heteroatoms. The number of anilines is 1. The highest BCUT2D eigenvalue weighted by Crippen LogP contribution is 2.43. The Kier molecular flexibility index (Phi) is 8.87. The molecule has 2 aromatic carbocycles. The van der Waals surface area contributed by atoms with Crippen LogP contribution in [0, 0.1) is 0 Å². The molecule has 0 bridgehead atoms. The summed E-state index contributed by atoms with van der Waals surface area (Å²) in [6.07, 6.45) is 4.12. The molecule has 0 aliphatic carbocycles. The fourth-order valence-corrected chi connectivity index (χ4v) is 5.38. The highest BCUT2D eigenvalue weighted by Gasteiger charge is 2.25. The minimum atomic E-state index is -1.08. The van der Waals surface area contributed by atoms with E-state index in [1.165, 1.54) is 36.5 Å². The van der Waals surface area contributed by atoms with Crippen LogP contribution in [0.4, 0.5) is 5.13 Å². The molecule has 194 valence electrons. The number of hydrogen-bond donors (Lipinski definition) is 2. The molecule has 0 saturated carbocycles. The van der Waals surface area contributed by atoms with Crippen LogP contribution in [-0.2, 0) is 22.6 Å². The van der Waals surface area contributed by atoms with E-state index in [9.17, 15) is 9.59 Å². The second kappa shape index (κ2) is 12.1. The fraction of sp³-hybridized carbons (Fsp3) is 0.296. The van der Waals surface area contributed by atoms with Crippen molar-refractivity contribution in [1.29, 1.82) is 0 Å². The number of aromatic nitrogens is 1. The summed E-state index contributed by atoms with van der Waals surface area (Å²) in [6, 6.07) is 8.92. The van der Waals surface area contributed by atoms with Crippen LogP contribution >= 0.6 is 34.5 Å². The first-order valence-corrected chi connectivity index (χ1v) is 13.4. The maximum Gasteiger partial charge on any atom is 0.331 e. The van der Waals surface area contributed by atoms with Gasteiger partial charge in [0.25, 0.3) is 5.91 Å². The van der Waals surface area contributed by atoms with Crippen LogP contribution in [0.25, 0.3) is 17.3 Å². The lowest BCUT2D eigenvalue weighted by Gasteiger charge is -2.19. The maximum atomic E-state index is 13.0. The Bertz CT molecular complexity index is 1350. The molecule has 1 aromatic heterocycles. The Morgan fingerprint density at radius 3 is 2.70 bits per heavy atom. The molecule has 2 heterocycles. The third-order valence-electron chi connectivity index (χ3n) is 5.74. The molecule has 37 heavy (non-hydrogen) atoms. The molecule has 7 nitrogen and oxygen atoms in total. The van der Waals surface area contributed by atoms with Gasteiger partial charge in [-0.05, 0) is 56.0 Å². The summed E-state index contributed by atoms with van der Waals surface area (Å²) in [4.78, 5) is 29.7. The maximum absolute atomic E-state index is 13.0. The zero-order valence-electron chi connectivity index (χ0n) is 20.4. The van der Waals surface area contributed by atoms with E-state index >= 15 is 0 Å². The third kappa shape index (κ3) is 6.33. The number of amides is 1. The van der Waals surface area contributed by atoms with Crippen molar-refractivity contribution >= 4 is 57.6 Å². The highest BCUT2D eigenvalue weighted by atomic mass is 35.5. The molecule has 3 aromatic rings. The van der Waals surface area contributed by atoms with Gasteiger partial charge in [0.1, 0.15) is 12.4 Å². The first-order valence-electron chi connectivity index (χ1n) is 11.8. The van der Waals surface area contributed by atoms with Gasteiger partial charge in [0, 0.05) is 35.5 Å². The van der Waals surface area contributed by atoms with Crippen LogP contribution in [0.1, 0.15) is 53.1 Å². The number of carboxylic acid groups (broad SMARTS) is 1. The van der Waals surface area contributed by atoms with E-state index in [0.717, 1.165) is 53.3 Å². The number of ether oxygens (including phenoxy) is 2. The van der Waals surface area contributed by atoms with Gasteiger partial charge in [-0.15, -0.1) is 0 Å². The molecule has 1 amide bonds. The first-order chi connectivity index (χ1) is 17.8. The number of halogens is 2. The lowest BCUT2D eigenvalue weighted by molar-refractivity contribution is -0.132. The number of nitrogens with one attached hydrogen (secondary N) is 1. The number of thiazole rings is 1. The van der Waals surface area contributed by atoms with Crippen molar-refractivity contribution in [2.75, 3.05) is 18.5 Å². The lowest BCUT2D eigenvalue weighted by atomic mass is 10.0. The average Bonchev–Trinajstić information content (AvgIpc) is 3.28. The number of nitrogens with zero attached hydrogens (tertiary/aromatic N) is 1. The quantitative estimate of drug-likeness (QED) is 0.202. The molecule has 0 atom stereocenters. The number of carbonyl (C=O) groups excluding carboxylic acids is 1. The number of carbonyl (C=O) groups is 2. The average molecular weight is 561 g/mol. The third-order valence-corrected chi connectivity index (χ3v) is 7.31. The standard InChI is InChI=1S/C27H26Cl2N2O5S/c1-3-9-35-10-5-7-16-6-4-8-18-23-22(14-36-24(16)18)37-27(30-23)31-25(32)17-12-20(28)19(21(29)13-17)11-15(2)26(33)34/h4,6,8,11-13H,3,5,7,9-10,14H2,1-2H3,(H,33,34)(H,30,31,32)/b15-11+. The van der Waals surface area contributed by atoms with E-state index in [4.69, 9.17) is 37.8 Å². The summed E-state index contributed by atoms with van der Waals surface area (Å²) in [7, 11) is 0. The molecular formula is C27H26Cl2N2O5S. The lowest BCUT2D eigenvalue weighted by Crippen LogP contribution is -2.12. The molecule has 0 saturated heterocycles. The molecule has 1 aliphatic rings. The van der Waals surface area contributed by atoms with Gasteiger partial charge in [-0.1, -0.05) is 53.6 Å². The zero-order valence-corrected chi connectivity index (χ0v) is 22.7. The molecule has 0 fully saturated rings. The summed E-state index contributed by atoms with van der Waals surface area (Å²) < 4.78 is 11.7. The van der Waals surface area contributed by atoms with Gasteiger partial charge in [0.2, 0.25) is 0 Å². The number of aryl methyl sites for hydroxylation is 1. The smallest absolute Gasteiger partial charge is 0.331 e. The Labute approximate surface area is 229 Å². The van der Waals surface area contributed by atoms with Gasteiger partial charge in [-0.2, -0.15) is 0 Å². The Balaban J connectivity index is 1.51. The number of hydrogen-bond acceptors (Lipinski definition) is 6. The molecule has 4 rings (SSSR count). The molecule has 2 N–H and O–H groups in total. The van der Waals surface area contributed by atoms with Crippen molar-refractivity contribution in [2.45, 2.75) is 39.7 Å². The molecule has 1 aliphatic heterocycles. The molecule has 0 unspecified atom stereocenters. The Morgan fingerprint density at radius 1 is 1.24 bits per heavy atom. The van der Waals surface area contributed by atoms with Gasteiger partial charge < -0.3 is 14.6 Å². The van der Waals surface area contributed by atoms with Gasteiger partial charge in [-0.3, -0.25) is 10.1 Å². The topological polar surface area (TPSA) is 97.8 Å². The van der Waals surface area contributed by atoms with Crippen LogP contribution in [0.15, 0.2) is 35.9 Å². The summed E-state index contributed by atoms with van der Waals surface area (Å²) in [6.45, 7) is 5.38. The van der Waals surface area contributed by atoms with Crippen molar-refractivity contribution in [3.63, 3.8) is 0 Å². The van der Waals surface area contributed by atoms with Crippen molar-refractivity contribution < 1.29 is 24.2 Å². The van der Waals surface area contributed by atoms with Gasteiger partial charge in [-0.25, -0.2) is 9.78 Å². The largest absolute Gasteiger partial charge is 0.487 e. The number of carboxylic acids is 1. The number of para-hydroxylation sites is 1. The van der Waals surface area contributed by atoms with Crippen LogP contribution in [0.2, 0.25) is 10.0 Å². The number of aliphatic carboxylic acids is 1. The van der Waals surface area contributed by atoms with E-state index in [1.807, 2.05) is 12.1 Å². The zero-order chi connectivity index (χ0) is 26.5. The number of fused-ring (bicyclic) bond motifs is 3. The van der Waals surface area contributed by atoms with E-state index < -0.39 is 11.9 Å². The minimum Gasteiger partial charge on any atom is -0.487 e. The normalized spacial score (nSPS) is 12.5. The van der Waals surface area contributed by atoms with Crippen molar-refractivity contribution in [3.8, 4) is 17.0 Å². The molecule has 0 spiro atoms. The number of rotatable bonds is 10. The van der Waals surface area contributed by atoms with Crippen molar-refractivity contribution in [1.82, 2.24) is 4.98 Å². The first kappa shape index (κ1) is 27.1. The Morgan fingerprint density at radius 2 is 2.00 bits per heavy atom. The van der Waals surface area contributed by atoms with Gasteiger partial charge in [0.05, 0.1) is 20.6 Å². The van der Waals surface area contributed by atoms with Gasteiger partial charge in [0.15, 0.2) is 5.13 Å². The summed E-state index contributed by atoms with van der Waals surface area (Å²) in [5.41, 5.74) is 3.46. The highest BCUT2D eigenvalue weighted by molar-refractivity contribution is 7.16. The SMILES string of the molecule is CCCOCCCc1cccc2c1OCc1sc(NC(=O)c3cc(Cl)c(/C=C(\C)C(=O)O)c(Cl)c3)nc1-2. The second-order valence-electron chi connectivity index (χ2n) is 8.53. The predicted molar refractivity (Wildman–Crippen MR) is 147 cm³/mol. The minimum absolute atomic E-state index is 0.0739. The summed E-state index contributed by atoms with van der Waals surface area (Å²) in [5, 5.41) is 12.7. The van der Waals surface area contributed by atoms with Crippen LogP contribution in [-0.4, -0.2) is 35.2 Å². The monoisotopic (exact) mass is 560 g/mol. The van der Waals surface area contributed by atoms with E-state index in [2.05, 4.69) is 23.3 Å².